The highest BCUT2D eigenvalue weighted by molar-refractivity contribution is 6.30. The summed E-state index contributed by atoms with van der Waals surface area (Å²) in [5.74, 6) is 0.534. The van der Waals surface area contributed by atoms with Crippen LogP contribution in [0.25, 0.3) is 0 Å². The summed E-state index contributed by atoms with van der Waals surface area (Å²) in [6.07, 6.45) is 1.59. The van der Waals surface area contributed by atoms with E-state index in [-0.39, 0.29) is 23.8 Å². The van der Waals surface area contributed by atoms with Gasteiger partial charge in [0, 0.05) is 43.3 Å². The zero-order valence-electron chi connectivity index (χ0n) is 19.5. The number of piperidine rings is 1. The van der Waals surface area contributed by atoms with E-state index in [2.05, 4.69) is 22.3 Å². The molecule has 4 rings (SSSR count). The fourth-order valence-corrected chi connectivity index (χ4v) is 4.79. The topological polar surface area (TPSA) is 71.1 Å². The third-order valence-corrected chi connectivity index (χ3v) is 6.88. The lowest BCUT2D eigenvalue weighted by molar-refractivity contribution is -0.126. The average Bonchev–Trinajstić information content (AvgIpc) is 2.90. The summed E-state index contributed by atoms with van der Waals surface area (Å²) in [7, 11) is 1.65. The number of halogens is 1. The molecule has 0 spiro atoms. The second-order valence-corrected chi connectivity index (χ2v) is 9.22. The van der Waals surface area contributed by atoms with Crippen molar-refractivity contribution in [2.45, 2.75) is 18.9 Å². The van der Waals surface area contributed by atoms with Crippen LogP contribution in [0.4, 0.5) is 0 Å². The maximum absolute atomic E-state index is 13.1. The highest BCUT2D eigenvalue weighted by Gasteiger charge is 2.30. The Labute approximate surface area is 206 Å². The van der Waals surface area contributed by atoms with Gasteiger partial charge in [0.2, 0.25) is 5.91 Å². The van der Waals surface area contributed by atoms with E-state index in [0.29, 0.717) is 43.4 Å². The number of amides is 2. The summed E-state index contributed by atoms with van der Waals surface area (Å²) < 4.78 is 10.8. The second-order valence-electron chi connectivity index (χ2n) is 8.78. The molecule has 0 aromatic heterocycles. The summed E-state index contributed by atoms with van der Waals surface area (Å²) in [5, 5.41) is 3.77. The van der Waals surface area contributed by atoms with Crippen molar-refractivity contribution < 1.29 is 19.1 Å². The van der Waals surface area contributed by atoms with Gasteiger partial charge >= 0.3 is 0 Å². The van der Waals surface area contributed by atoms with Gasteiger partial charge < -0.3 is 19.7 Å². The number of nitrogens with one attached hydrogen (secondary N) is 1. The summed E-state index contributed by atoms with van der Waals surface area (Å²) in [6.45, 7) is 4.60. The lowest BCUT2D eigenvalue weighted by Gasteiger charge is -2.36. The molecule has 0 radical (unpaired) electrons. The minimum absolute atomic E-state index is 0.000349. The third-order valence-electron chi connectivity index (χ3n) is 6.63. The highest BCUT2D eigenvalue weighted by Crippen LogP contribution is 2.25. The number of nitrogens with zero attached hydrogens (tertiary/aromatic N) is 2. The van der Waals surface area contributed by atoms with Gasteiger partial charge in [-0.25, -0.2) is 0 Å². The monoisotopic (exact) mass is 485 g/mol. The van der Waals surface area contributed by atoms with Crippen LogP contribution < -0.4 is 10.1 Å². The Morgan fingerprint density at radius 2 is 1.79 bits per heavy atom. The van der Waals surface area contributed by atoms with E-state index in [9.17, 15) is 9.59 Å². The van der Waals surface area contributed by atoms with E-state index >= 15 is 0 Å². The number of carbonyl (C=O) groups is 2. The van der Waals surface area contributed by atoms with Crippen LogP contribution >= 0.6 is 11.6 Å². The van der Waals surface area contributed by atoms with Crippen molar-refractivity contribution in [3.05, 3.63) is 64.7 Å². The predicted octanol–water partition coefficient (Wildman–Crippen LogP) is 3.39. The molecular weight excluding hydrogens is 454 g/mol. The van der Waals surface area contributed by atoms with Gasteiger partial charge in [-0.05, 0) is 54.8 Å². The molecule has 2 aliphatic heterocycles. The van der Waals surface area contributed by atoms with Crippen LogP contribution in [0, 0.1) is 5.92 Å². The molecule has 2 aliphatic rings. The molecule has 2 fully saturated rings. The predicted molar refractivity (Wildman–Crippen MR) is 131 cm³/mol. The molecule has 182 valence electrons. The van der Waals surface area contributed by atoms with Gasteiger partial charge in [-0.3, -0.25) is 14.5 Å². The lowest BCUT2D eigenvalue weighted by Crippen LogP contribution is -2.48. The SMILES string of the molecule is COc1ccc([C@H](CNC(=O)[C@H]2CCCN(C(=O)c3ccc(Cl)cc3)C2)N2CCOCC2)cc1. The molecule has 2 saturated heterocycles. The number of benzene rings is 2. The smallest absolute Gasteiger partial charge is 0.253 e. The van der Waals surface area contributed by atoms with Gasteiger partial charge in [-0.2, -0.15) is 0 Å². The van der Waals surface area contributed by atoms with E-state index in [4.69, 9.17) is 21.1 Å². The molecule has 0 aliphatic carbocycles. The first-order valence-corrected chi connectivity index (χ1v) is 12.2. The van der Waals surface area contributed by atoms with Crippen LogP contribution in [0.3, 0.4) is 0 Å². The van der Waals surface area contributed by atoms with Crippen LogP contribution in [0.2, 0.25) is 5.02 Å². The van der Waals surface area contributed by atoms with Gasteiger partial charge in [-0.1, -0.05) is 23.7 Å². The standard InChI is InChI=1S/C26H32ClN3O4/c1-33-23-10-6-19(7-11-23)24(29-13-15-34-16-14-29)17-28-25(31)21-3-2-12-30(18-21)26(32)20-4-8-22(27)9-5-20/h4-11,21,24H,2-3,12-18H2,1H3,(H,28,31)/t21-,24-/m0/s1. The Bertz CT molecular complexity index is 961. The quantitative estimate of drug-likeness (QED) is 0.651. The van der Waals surface area contributed by atoms with Crippen molar-refractivity contribution in [1.29, 1.82) is 0 Å². The molecule has 2 atom stereocenters. The number of likely N-dealkylation sites (tertiary alicyclic amines) is 1. The van der Waals surface area contributed by atoms with Crippen LogP contribution in [0.5, 0.6) is 5.75 Å². The second kappa shape index (κ2) is 11.7. The zero-order valence-corrected chi connectivity index (χ0v) is 20.3. The first-order valence-electron chi connectivity index (χ1n) is 11.8. The van der Waals surface area contributed by atoms with Gasteiger partial charge in [0.25, 0.3) is 5.91 Å². The van der Waals surface area contributed by atoms with Crippen molar-refractivity contribution >= 4 is 23.4 Å². The lowest BCUT2D eigenvalue weighted by atomic mass is 9.96. The maximum Gasteiger partial charge on any atom is 0.253 e. The fourth-order valence-electron chi connectivity index (χ4n) is 4.67. The van der Waals surface area contributed by atoms with Crippen LogP contribution in [0.15, 0.2) is 48.5 Å². The molecule has 8 heteroatoms. The summed E-state index contributed by atoms with van der Waals surface area (Å²) in [6, 6.07) is 15.0. The van der Waals surface area contributed by atoms with Crippen molar-refractivity contribution in [2.75, 3.05) is 53.0 Å². The summed E-state index contributed by atoms with van der Waals surface area (Å²) in [4.78, 5) is 30.2. The van der Waals surface area contributed by atoms with Crippen LogP contribution in [0.1, 0.15) is 34.8 Å². The Hall–Kier alpha value is -2.61. The first-order chi connectivity index (χ1) is 16.5. The first kappa shape index (κ1) is 24.5. The fraction of sp³-hybridized carbons (Fsp3) is 0.462. The van der Waals surface area contributed by atoms with Crippen LogP contribution in [-0.4, -0.2) is 74.7 Å². The molecule has 2 aromatic carbocycles. The highest BCUT2D eigenvalue weighted by atomic mass is 35.5. The summed E-state index contributed by atoms with van der Waals surface area (Å²) in [5.41, 5.74) is 1.73. The molecule has 0 saturated carbocycles. The van der Waals surface area contributed by atoms with Crippen LogP contribution in [-0.2, 0) is 9.53 Å². The molecule has 2 heterocycles. The Morgan fingerprint density at radius 3 is 2.47 bits per heavy atom. The number of hydrogen-bond acceptors (Lipinski definition) is 5. The molecule has 34 heavy (non-hydrogen) atoms. The normalized spacial score (nSPS) is 19.9. The Kier molecular flexibility index (Phi) is 8.43. The molecule has 1 N–H and O–H groups in total. The van der Waals surface area contributed by atoms with Crippen molar-refractivity contribution in [2.24, 2.45) is 5.92 Å². The third kappa shape index (κ3) is 6.09. The largest absolute Gasteiger partial charge is 0.497 e. The number of rotatable bonds is 7. The Morgan fingerprint density at radius 1 is 1.09 bits per heavy atom. The van der Waals surface area contributed by atoms with E-state index in [1.807, 2.05) is 12.1 Å². The van der Waals surface area contributed by atoms with Gasteiger partial charge in [-0.15, -0.1) is 0 Å². The molecule has 2 aromatic rings. The number of methoxy groups -OCH3 is 1. The minimum atomic E-state index is -0.216. The van der Waals surface area contributed by atoms with Gasteiger partial charge in [0.1, 0.15) is 5.75 Å². The molecule has 0 unspecified atom stereocenters. The van der Waals surface area contributed by atoms with Crippen molar-refractivity contribution in [3.63, 3.8) is 0 Å². The van der Waals surface area contributed by atoms with E-state index < -0.39 is 0 Å². The zero-order chi connectivity index (χ0) is 23.9. The molecular formula is C26H32ClN3O4. The number of morpholine rings is 1. The minimum Gasteiger partial charge on any atom is -0.497 e. The van der Waals surface area contributed by atoms with Gasteiger partial charge in [0.05, 0.1) is 32.3 Å². The van der Waals surface area contributed by atoms with E-state index in [0.717, 1.165) is 37.2 Å². The number of hydrogen-bond donors (Lipinski definition) is 1. The van der Waals surface area contributed by atoms with E-state index in [1.165, 1.54) is 0 Å². The average molecular weight is 486 g/mol. The van der Waals surface area contributed by atoms with E-state index in [1.54, 1.807) is 36.3 Å². The molecule has 2 amide bonds. The number of carbonyl (C=O) groups excluding carboxylic acids is 2. The van der Waals surface area contributed by atoms with Crippen molar-refractivity contribution in [3.8, 4) is 5.75 Å². The Balaban J connectivity index is 1.39. The van der Waals surface area contributed by atoms with Crippen molar-refractivity contribution in [1.82, 2.24) is 15.1 Å². The molecule has 7 nitrogen and oxygen atoms in total. The van der Waals surface area contributed by atoms with Gasteiger partial charge in [0.15, 0.2) is 0 Å². The maximum atomic E-state index is 13.1. The molecule has 0 bridgehead atoms. The number of ether oxygens (including phenoxy) is 2. The summed E-state index contributed by atoms with van der Waals surface area (Å²) >= 11 is 5.95.